The Labute approximate surface area is 109 Å². The lowest BCUT2D eigenvalue weighted by molar-refractivity contribution is -0.151. The van der Waals surface area contributed by atoms with Crippen molar-refractivity contribution in [2.24, 2.45) is 0 Å². The number of hydrogen-bond acceptors (Lipinski definition) is 3. The first kappa shape index (κ1) is 14.6. The van der Waals surface area contributed by atoms with E-state index in [1.807, 2.05) is 0 Å². The first-order valence-electron chi connectivity index (χ1n) is 5.53. The van der Waals surface area contributed by atoms with Gasteiger partial charge in [-0.15, -0.1) is 0 Å². The van der Waals surface area contributed by atoms with E-state index in [0.29, 0.717) is 12.1 Å². The number of rotatable bonds is 4. The lowest BCUT2D eigenvalue weighted by Crippen LogP contribution is -2.38. The quantitative estimate of drug-likeness (QED) is 0.660. The fraction of sp³-hybridized carbons (Fsp3) is 0.455. The minimum atomic E-state index is -4.52. The lowest BCUT2D eigenvalue weighted by atomic mass is 10.2. The topological polar surface area (TPSA) is 47.3 Å². The maximum Gasteiger partial charge on any atom is 0.411 e. The van der Waals surface area contributed by atoms with Gasteiger partial charge in [-0.3, -0.25) is 0 Å². The zero-order valence-electron chi connectivity index (χ0n) is 9.90. The number of ether oxygens (including phenoxy) is 1. The van der Waals surface area contributed by atoms with Crippen molar-refractivity contribution < 1.29 is 31.1 Å². The van der Waals surface area contributed by atoms with Crippen molar-refractivity contribution in [3.05, 3.63) is 17.9 Å². The second-order valence-corrected chi connectivity index (χ2v) is 4.45. The Morgan fingerprint density at radius 2 is 1.85 bits per heavy atom. The van der Waals surface area contributed by atoms with Gasteiger partial charge in [0.25, 0.3) is 0 Å². The summed E-state index contributed by atoms with van der Waals surface area (Å²) < 4.78 is 79.6. The highest BCUT2D eigenvalue weighted by Crippen LogP contribution is 2.52. The first-order chi connectivity index (χ1) is 9.14. The number of nitrogens with two attached hydrogens (primary N) is 1. The number of benzene rings is 1. The van der Waals surface area contributed by atoms with Gasteiger partial charge >= 0.3 is 12.8 Å². The predicted octanol–water partition coefficient (Wildman–Crippen LogP) is 3.52. The average molecular weight is 300 g/mol. The summed E-state index contributed by atoms with van der Waals surface area (Å²) in [7, 11) is 0. The molecule has 0 aliphatic heterocycles. The van der Waals surface area contributed by atoms with Crippen molar-refractivity contribution >= 4 is 11.4 Å². The van der Waals surface area contributed by atoms with Crippen molar-refractivity contribution in [1.82, 2.24) is 0 Å². The zero-order chi connectivity index (χ0) is 15.1. The van der Waals surface area contributed by atoms with E-state index in [-0.39, 0.29) is 24.2 Å². The van der Waals surface area contributed by atoms with Crippen molar-refractivity contribution in [3.63, 3.8) is 0 Å². The number of halogens is 6. The molecule has 1 saturated carbocycles. The third-order valence-corrected chi connectivity index (χ3v) is 2.99. The standard InChI is InChI=1S/C11H10F6N2O/c12-5-3-6(18)7(4-8(5)20-9(13)14)19-10(1-2-10)11(15,16)17/h3-4,9,19H,1-2,18H2. The number of hydrogen-bond donors (Lipinski definition) is 2. The molecule has 3 nitrogen and oxygen atoms in total. The Morgan fingerprint density at radius 3 is 2.30 bits per heavy atom. The summed E-state index contributed by atoms with van der Waals surface area (Å²) in [6, 6.07) is 1.33. The highest BCUT2D eigenvalue weighted by atomic mass is 19.4. The molecule has 0 saturated heterocycles. The molecule has 0 heterocycles. The van der Waals surface area contributed by atoms with Crippen LogP contribution in [0.15, 0.2) is 12.1 Å². The molecule has 1 aliphatic carbocycles. The van der Waals surface area contributed by atoms with Crippen molar-refractivity contribution in [2.45, 2.75) is 31.2 Å². The number of nitrogen functional groups attached to an aromatic ring is 1. The van der Waals surface area contributed by atoms with Gasteiger partial charge in [-0.1, -0.05) is 0 Å². The van der Waals surface area contributed by atoms with E-state index < -0.39 is 29.9 Å². The molecule has 0 aromatic heterocycles. The van der Waals surface area contributed by atoms with Gasteiger partial charge in [0.15, 0.2) is 11.6 Å². The molecule has 1 aromatic rings. The SMILES string of the molecule is Nc1cc(F)c(OC(F)F)cc1NC1(C(F)(F)F)CC1. The molecule has 20 heavy (non-hydrogen) atoms. The van der Waals surface area contributed by atoms with Crippen molar-refractivity contribution in [1.29, 1.82) is 0 Å². The highest BCUT2D eigenvalue weighted by Gasteiger charge is 2.63. The van der Waals surface area contributed by atoms with Crippen molar-refractivity contribution in [3.8, 4) is 5.75 Å². The zero-order valence-corrected chi connectivity index (χ0v) is 9.90. The van der Waals surface area contributed by atoms with E-state index >= 15 is 0 Å². The van der Waals surface area contributed by atoms with E-state index in [1.165, 1.54) is 0 Å². The van der Waals surface area contributed by atoms with Crippen LogP contribution in [0.5, 0.6) is 5.75 Å². The van der Waals surface area contributed by atoms with Gasteiger partial charge in [0.1, 0.15) is 5.54 Å². The Bertz CT molecular complexity index is 512. The molecule has 1 aromatic carbocycles. The minimum absolute atomic E-state index is 0.168. The number of anilines is 2. The van der Waals surface area contributed by atoms with Gasteiger partial charge in [-0.2, -0.15) is 22.0 Å². The third kappa shape index (κ3) is 2.70. The van der Waals surface area contributed by atoms with Gasteiger partial charge in [0, 0.05) is 12.1 Å². The van der Waals surface area contributed by atoms with Gasteiger partial charge in [-0.25, -0.2) is 4.39 Å². The summed E-state index contributed by atoms with van der Waals surface area (Å²) in [6.07, 6.45) is -4.85. The predicted molar refractivity (Wildman–Crippen MR) is 59.1 cm³/mol. The summed E-state index contributed by atoms with van der Waals surface area (Å²) in [5.74, 6) is -2.04. The third-order valence-electron chi connectivity index (χ3n) is 2.99. The lowest BCUT2D eigenvalue weighted by Gasteiger charge is -2.23. The van der Waals surface area contributed by atoms with Gasteiger partial charge in [-0.05, 0) is 12.8 Å². The van der Waals surface area contributed by atoms with Crippen LogP contribution in [-0.4, -0.2) is 18.3 Å². The molecule has 9 heteroatoms. The van der Waals surface area contributed by atoms with Crippen LogP contribution >= 0.6 is 0 Å². The maximum absolute atomic E-state index is 13.3. The van der Waals surface area contributed by atoms with E-state index in [2.05, 4.69) is 10.1 Å². The van der Waals surface area contributed by atoms with E-state index in [0.717, 1.165) is 0 Å². The Balaban J connectivity index is 2.28. The van der Waals surface area contributed by atoms with Gasteiger partial charge < -0.3 is 15.8 Å². The monoisotopic (exact) mass is 300 g/mol. The van der Waals surface area contributed by atoms with Crippen LogP contribution in [0.25, 0.3) is 0 Å². The molecule has 1 fully saturated rings. The molecule has 0 radical (unpaired) electrons. The van der Waals surface area contributed by atoms with Gasteiger partial charge in [0.2, 0.25) is 0 Å². The second-order valence-electron chi connectivity index (χ2n) is 4.45. The largest absolute Gasteiger partial charge is 0.432 e. The van der Waals surface area contributed by atoms with Crippen LogP contribution in [0.4, 0.5) is 37.7 Å². The first-order valence-corrected chi connectivity index (χ1v) is 5.53. The number of nitrogens with one attached hydrogen (secondary N) is 1. The summed E-state index contributed by atoms with van der Waals surface area (Å²) in [5, 5.41) is 2.14. The maximum atomic E-state index is 13.3. The van der Waals surface area contributed by atoms with Crippen LogP contribution in [-0.2, 0) is 0 Å². The molecule has 0 amide bonds. The van der Waals surface area contributed by atoms with Crippen LogP contribution in [0, 0.1) is 5.82 Å². The highest BCUT2D eigenvalue weighted by molar-refractivity contribution is 5.70. The molecule has 3 N–H and O–H groups in total. The Hall–Kier alpha value is -1.80. The molecule has 0 atom stereocenters. The summed E-state index contributed by atoms with van der Waals surface area (Å²) in [5.41, 5.74) is 2.63. The Morgan fingerprint density at radius 1 is 1.25 bits per heavy atom. The van der Waals surface area contributed by atoms with Crippen LogP contribution in [0.3, 0.4) is 0 Å². The van der Waals surface area contributed by atoms with E-state index in [9.17, 15) is 26.3 Å². The summed E-state index contributed by atoms with van der Waals surface area (Å²) in [4.78, 5) is 0. The molecule has 1 aliphatic rings. The molecular weight excluding hydrogens is 290 g/mol. The smallest absolute Gasteiger partial charge is 0.411 e. The molecule has 0 unspecified atom stereocenters. The fourth-order valence-corrected chi connectivity index (χ4v) is 1.73. The van der Waals surface area contributed by atoms with E-state index in [1.54, 1.807) is 0 Å². The number of alkyl halides is 5. The summed E-state index contributed by atoms with van der Waals surface area (Å²) in [6.45, 7) is -3.29. The molecule has 112 valence electrons. The van der Waals surface area contributed by atoms with Crippen LogP contribution in [0.2, 0.25) is 0 Å². The minimum Gasteiger partial charge on any atom is -0.432 e. The Kier molecular flexibility index (Phi) is 3.39. The van der Waals surface area contributed by atoms with Crippen molar-refractivity contribution in [2.75, 3.05) is 11.1 Å². The average Bonchev–Trinajstić information content (AvgIpc) is 3.04. The van der Waals surface area contributed by atoms with Gasteiger partial charge in [0.05, 0.1) is 11.4 Å². The van der Waals surface area contributed by atoms with E-state index in [4.69, 9.17) is 5.73 Å². The van der Waals surface area contributed by atoms with Crippen LogP contribution in [0.1, 0.15) is 12.8 Å². The van der Waals surface area contributed by atoms with Crippen LogP contribution < -0.4 is 15.8 Å². The molecule has 0 spiro atoms. The summed E-state index contributed by atoms with van der Waals surface area (Å²) >= 11 is 0. The second kappa shape index (κ2) is 4.64. The molecule has 2 rings (SSSR count). The fourth-order valence-electron chi connectivity index (χ4n) is 1.73. The molecular formula is C11H10F6N2O. The normalized spacial score (nSPS) is 17.1. The molecule has 0 bridgehead atoms.